The van der Waals surface area contributed by atoms with Crippen molar-refractivity contribution in [1.82, 2.24) is 19.9 Å². The number of amides is 1. The molecule has 0 fully saturated rings. The highest BCUT2D eigenvalue weighted by molar-refractivity contribution is 5.97. The van der Waals surface area contributed by atoms with E-state index in [-0.39, 0.29) is 5.91 Å². The second-order valence-electron chi connectivity index (χ2n) is 5.66. The molecule has 5 nitrogen and oxygen atoms in total. The van der Waals surface area contributed by atoms with Crippen LogP contribution in [-0.2, 0) is 6.54 Å². The topological polar surface area (TPSA) is 64.8 Å². The van der Waals surface area contributed by atoms with E-state index >= 15 is 0 Å². The summed E-state index contributed by atoms with van der Waals surface area (Å²) >= 11 is 0. The third kappa shape index (κ3) is 2.36. The average Bonchev–Trinajstić information content (AvgIpc) is 3.20. The molecule has 5 heteroatoms. The van der Waals surface area contributed by atoms with Crippen LogP contribution in [0.3, 0.4) is 0 Å². The molecule has 0 aliphatic rings. The van der Waals surface area contributed by atoms with Crippen LogP contribution in [0.25, 0.3) is 21.9 Å². The number of aromatic nitrogens is 3. The Morgan fingerprint density at radius 3 is 2.91 bits per heavy atom. The number of hydrogen-bond acceptors (Lipinski definition) is 2. The lowest BCUT2D eigenvalue weighted by Gasteiger charge is -2.17. The largest absolute Gasteiger partial charge is 0.361 e. The highest BCUT2D eigenvalue weighted by Crippen LogP contribution is 2.20. The standard InChI is InChI=1S/C18H16N4O/c1-22(10-13-9-19-15-5-3-2-4-14(13)15)18(23)12-6-7-16-17(8-12)21-11-20-16/h2-9,11,19H,10H2,1H3,(H,20,21). The highest BCUT2D eigenvalue weighted by atomic mass is 16.2. The number of para-hydroxylation sites is 1. The van der Waals surface area contributed by atoms with Crippen molar-refractivity contribution in [2.24, 2.45) is 0 Å². The molecular weight excluding hydrogens is 288 g/mol. The van der Waals surface area contributed by atoms with Crippen molar-refractivity contribution in [1.29, 1.82) is 0 Å². The molecule has 0 aliphatic heterocycles. The minimum absolute atomic E-state index is 0.00761. The third-order valence-electron chi connectivity index (χ3n) is 4.10. The van der Waals surface area contributed by atoms with Crippen LogP contribution in [0.5, 0.6) is 0 Å². The molecule has 114 valence electrons. The molecule has 0 saturated heterocycles. The first-order valence-corrected chi connectivity index (χ1v) is 7.46. The maximum absolute atomic E-state index is 12.7. The number of carbonyl (C=O) groups is 1. The Balaban J connectivity index is 1.60. The lowest BCUT2D eigenvalue weighted by atomic mass is 10.1. The predicted molar refractivity (Wildman–Crippen MR) is 90.2 cm³/mol. The van der Waals surface area contributed by atoms with E-state index in [2.05, 4.69) is 21.0 Å². The van der Waals surface area contributed by atoms with Crippen LogP contribution in [0.4, 0.5) is 0 Å². The van der Waals surface area contributed by atoms with Crippen LogP contribution in [0.15, 0.2) is 55.0 Å². The molecule has 1 amide bonds. The molecule has 23 heavy (non-hydrogen) atoms. The molecule has 4 rings (SSSR count). The minimum atomic E-state index is -0.00761. The molecule has 4 aromatic rings. The summed E-state index contributed by atoms with van der Waals surface area (Å²) in [5.41, 5.74) is 4.59. The molecule has 0 saturated carbocycles. The van der Waals surface area contributed by atoms with Crippen molar-refractivity contribution >= 4 is 27.8 Å². The van der Waals surface area contributed by atoms with E-state index in [1.807, 2.05) is 49.6 Å². The van der Waals surface area contributed by atoms with Gasteiger partial charge in [0.25, 0.3) is 5.91 Å². The number of fused-ring (bicyclic) bond motifs is 2. The van der Waals surface area contributed by atoms with Gasteiger partial charge in [0.05, 0.1) is 17.4 Å². The Hall–Kier alpha value is -3.08. The van der Waals surface area contributed by atoms with E-state index in [1.165, 1.54) is 0 Å². The van der Waals surface area contributed by atoms with Gasteiger partial charge in [0.1, 0.15) is 0 Å². The number of imidazole rings is 1. The highest BCUT2D eigenvalue weighted by Gasteiger charge is 2.14. The molecule has 0 atom stereocenters. The van der Waals surface area contributed by atoms with Gasteiger partial charge in [-0.25, -0.2) is 4.98 Å². The Morgan fingerprint density at radius 2 is 2.00 bits per heavy atom. The summed E-state index contributed by atoms with van der Waals surface area (Å²) in [5.74, 6) is -0.00761. The Bertz CT molecular complexity index is 998. The number of hydrogen-bond donors (Lipinski definition) is 2. The van der Waals surface area contributed by atoms with E-state index in [0.717, 1.165) is 27.5 Å². The van der Waals surface area contributed by atoms with Gasteiger partial charge in [-0.15, -0.1) is 0 Å². The molecule has 2 aromatic carbocycles. The van der Waals surface area contributed by atoms with E-state index in [9.17, 15) is 4.79 Å². The van der Waals surface area contributed by atoms with E-state index in [0.29, 0.717) is 12.1 Å². The summed E-state index contributed by atoms with van der Waals surface area (Å²) < 4.78 is 0. The molecule has 0 radical (unpaired) electrons. The Morgan fingerprint density at radius 1 is 1.13 bits per heavy atom. The molecule has 0 unspecified atom stereocenters. The molecule has 0 bridgehead atoms. The van der Waals surface area contributed by atoms with Crippen LogP contribution in [0.1, 0.15) is 15.9 Å². The zero-order valence-corrected chi connectivity index (χ0v) is 12.7. The average molecular weight is 304 g/mol. The number of nitrogens with zero attached hydrogens (tertiary/aromatic N) is 2. The molecule has 0 aliphatic carbocycles. The Labute approximate surface area is 133 Å². The fraction of sp³-hybridized carbons (Fsp3) is 0.111. The van der Waals surface area contributed by atoms with Crippen LogP contribution in [-0.4, -0.2) is 32.8 Å². The van der Waals surface area contributed by atoms with E-state index < -0.39 is 0 Å². The quantitative estimate of drug-likeness (QED) is 0.610. The molecule has 2 aromatic heterocycles. The van der Waals surface area contributed by atoms with Gasteiger partial charge < -0.3 is 14.9 Å². The van der Waals surface area contributed by atoms with Gasteiger partial charge in [-0.3, -0.25) is 4.79 Å². The van der Waals surface area contributed by atoms with E-state index in [4.69, 9.17) is 0 Å². The van der Waals surface area contributed by atoms with Gasteiger partial charge in [-0.1, -0.05) is 18.2 Å². The van der Waals surface area contributed by atoms with Crippen molar-refractivity contribution in [3.8, 4) is 0 Å². The summed E-state index contributed by atoms with van der Waals surface area (Å²) in [6.45, 7) is 0.559. The summed E-state index contributed by atoms with van der Waals surface area (Å²) in [4.78, 5) is 24.8. The number of rotatable bonds is 3. The smallest absolute Gasteiger partial charge is 0.253 e. The van der Waals surface area contributed by atoms with Gasteiger partial charge >= 0.3 is 0 Å². The van der Waals surface area contributed by atoms with Gasteiger partial charge in [0.2, 0.25) is 0 Å². The number of carbonyl (C=O) groups excluding carboxylic acids is 1. The van der Waals surface area contributed by atoms with Crippen molar-refractivity contribution in [2.45, 2.75) is 6.54 Å². The monoisotopic (exact) mass is 304 g/mol. The lowest BCUT2D eigenvalue weighted by molar-refractivity contribution is 0.0786. The zero-order chi connectivity index (χ0) is 15.8. The lowest BCUT2D eigenvalue weighted by Crippen LogP contribution is -2.26. The van der Waals surface area contributed by atoms with Crippen molar-refractivity contribution < 1.29 is 4.79 Å². The molecule has 2 N–H and O–H groups in total. The zero-order valence-electron chi connectivity index (χ0n) is 12.7. The van der Waals surface area contributed by atoms with Crippen molar-refractivity contribution in [2.75, 3.05) is 7.05 Å². The SMILES string of the molecule is CN(Cc1c[nH]c2ccccc12)C(=O)c1ccc2nc[nH]c2c1. The fourth-order valence-electron chi connectivity index (χ4n) is 2.88. The fourth-order valence-corrected chi connectivity index (χ4v) is 2.88. The molecule has 0 spiro atoms. The van der Waals surface area contributed by atoms with E-state index in [1.54, 1.807) is 11.2 Å². The number of H-pyrrole nitrogens is 2. The third-order valence-corrected chi connectivity index (χ3v) is 4.10. The number of nitrogens with one attached hydrogen (secondary N) is 2. The maximum Gasteiger partial charge on any atom is 0.253 e. The summed E-state index contributed by atoms with van der Waals surface area (Å²) in [5, 5.41) is 1.15. The van der Waals surface area contributed by atoms with Crippen LogP contribution in [0, 0.1) is 0 Å². The predicted octanol–water partition coefficient (Wildman–Crippen LogP) is 3.32. The molecule has 2 heterocycles. The van der Waals surface area contributed by atoms with Gasteiger partial charge in [0.15, 0.2) is 0 Å². The normalized spacial score (nSPS) is 11.2. The van der Waals surface area contributed by atoms with Crippen molar-refractivity contribution in [3.05, 3.63) is 66.1 Å². The summed E-state index contributed by atoms with van der Waals surface area (Å²) in [6.07, 6.45) is 3.60. The van der Waals surface area contributed by atoms with Crippen molar-refractivity contribution in [3.63, 3.8) is 0 Å². The second kappa shape index (κ2) is 5.28. The first kappa shape index (κ1) is 13.6. The van der Waals surface area contributed by atoms with Crippen LogP contribution >= 0.6 is 0 Å². The summed E-state index contributed by atoms with van der Waals surface area (Å²) in [7, 11) is 1.82. The van der Waals surface area contributed by atoms with Gasteiger partial charge in [0, 0.05) is 36.3 Å². The minimum Gasteiger partial charge on any atom is -0.361 e. The van der Waals surface area contributed by atoms with Gasteiger partial charge in [-0.2, -0.15) is 0 Å². The first-order chi connectivity index (χ1) is 11.2. The van der Waals surface area contributed by atoms with Gasteiger partial charge in [-0.05, 0) is 29.8 Å². The Kier molecular flexibility index (Phi) is 3.12. The second-order valence-corrected chi connectivity index (χ2v) is 5.66. The van der Waals surface area contributed by atoms with Crippen LogP contribution < -0.4 is 0 Å². The molecular formula is C18H16N4O. The number of aromatic amines is 2. The first-order valence-electron chi connectivity index (χ1n) is 7.46. The number of benzene rings is 2. The van der Waals surface area contributed by atoms with Crippen LogP contribution in [0.2, 0.25) is 0 Å². The maximum atomic E-state index is 12.7. The summed E-state index contributed by atoms with van der Waals surface area (Å²) in [6, 6.07) is 13.6.